The van der Waals surface area contributed by atoms with Gasteiger partial charge in [-0.05, 0) is 36.4 Å². The summed E-state index contributed by atoms with van der Waals surface area (Å²) in [5.74, 6) is 0.828. The van der Waals surface area contributed by atoms with Crippen LogP contribution in [-0.2, 0) is 6.54 Å². The molecule has 2 amide bonds. The van der Waals surface area contributed by atoms with Crippen molar-refractivity contribution < 1.29 is 9.21 Å². The molecule has 0 radical (unpaired) electrons. The van der Waals surface area contributed by atoms with Crippen molar-refractivity contribution in [2.75, 3.05) is 11.9 Å². The Morgan fingerprint density at radius 1 is 0.900 bits per heavy atom. The molecule has 0 unspecified atom stereocenters. The average molecular weight is 414 g/mol. The number of urea groups is 1. The van der Waals surface area contributed by atoms with Crippen molar-refractivity contribution in [3.05, 3.63) is 84.8 Å². The van der Waals surface area contributed by atoms with Crippen LogP contribution < -0.4 is 4.90 Å². The number of aromatic nitrogens is 2. The first-order valence-corrected chi connectivity index (χ1v) is 10.3. The maximum Gasteiger partial charge on any atom is 0.329 e. The maximum atomic E-state index is 13.5. The van der Waals surface area contributed by atoms with Crippen molar-refractivity contribution in [3.63, 3.8) is 0 Å². The van der Waals surface area contributed by atoms with Gasteiger partial charge in [-0.3, -0.25) is 4.90 Å². The number of anilines is 2. The van der Waals surface area contributed by atoms with E-state index >= 15 is 0 Å². The second kappa shape index (κ2) is 7.68. The average Bonchev–Trinajstić information content (AvgIpc) is 3.26. The van der Waals surface area contributed by atoms with Crippen LogP contribution in [0.2, 0.25) is 0 Å². The summed E-state index contributed by atoms with van der Waals surface area (Å²) in [4.78, 5) is 18.9. The molecule has 7 heteroatoms. The molecule has 0 aliphatic carbocycles. The fraction of sp³-hybridized carbons (Fsp3) is 0.0870. The third-order valence-electron chi connectivity index (χ3n) is 4.81. The zero-order valence-corrected chi connectivity index (χ0v) is 17.0. The number of benzene rings is 3. The van der Waals surface area contributed by atoms with E-state index in [2.05, 4.69) is 10.2 Å². The number of para-hydroxylation sites is 2. The fourth-order valence-electron chi connectivity index (χ4n) is 3.37. The molecule has 2 heterocycles. The van der Waals surface area contributed by atoms with Crippen LogP contribution in [-0.4, -0.2) is 28.2 Å². The Kier molecular flexibility index (Phi) is 4.72. The molecule has 0 fully saturated rings. The van der Waals surface area contributed by atoms with E-state index in [0.29, 0.717) is 11.8 Å². The largest absolute Gasteiger partial charge is 0.419 e. The topological polar surface area (TPSA) is 62.5 Å². The SMILES string of the molecule is CN(Cc1nnc(-c2ccccc2)o1)C(=O)N1c2ccccc2Sc2ccccc21. The fourth-order valence-corrected chi connectivity index (χ4v) is 4.42. The molecule has 6 nitrogen and oxygen atoms in total. The summed E-state index contributed by atoms with van der Waals surface area (Å²) in [5, 5.41) is 8.23. The highest BCUT2D eigenvalue weighted by Crippen LogP contribution is 2.48. The number of amides is 2. The van der Waals surface area contributed by atoms with Crippen LogP contribution >= 0.6 is 11.8 Å². The van der Waals surface area contributed by atoms with Gasteiger partial charge < -0.3 is 9.32 Å². The lowest BCUT2D eigenvalue weighted by Crippen LogP contribution is -2.39. The van der Waals surface area contributed by atoms with E-state index in [1.807, 2.05) is 78.9 Å². The molecule has 0 N–H and O–H groups in total. The minimum atomic E-state index is -0.158. The highest BCUT2D eigenvalue weighted by molar-refractivity contribution is 7.99. The van der Waals surface area contributed by atoms with Crippen molar-refractivity contribution in [1.82, 2.24) is 15.1 Å². The van der Waals surface area contributed by atoms with E-state index < -0.39 is 0 Å². The third kappa shape index (κ3) is 3.33. The second-order valence-electron chi connectivity index (χ2n) is 6.88. The summed E-state index contributed by atoms with van der Waals surface area (Å²) in [7, 11) is 1.74. The van der Waals surface area contributed by atoms with Gasteiger partial charge >= 0.3 is 6.03 Å². The van der Waals surface area contributed by atoms with Gasteiger partial charge in [-0.15, -0.1) is 10.2 Å². The van der Waals surface area contributed by atoms with Crippen molar-refractivity contribution in [1.29, 1.82) is 0 Å². The molecular formula is C23H18N4O2S. The molecule has 0 saturated carbocycles. The van der Waals surface area contributed by atoms with Gasteiger partial charge in [0.2, 0.25) is 11.8 Å². The number of carbonyl (C=O) groups excluding carboxylic acids is 1. The Morgan fingerprint density at radius 3 is 2.17 bits per heavy atom. The number of hydrogen-bond donors (Lipinski definition) is 0. The van der Waals surface area contributed by atoms with Gasteiger partial charge in [0, 0.05) is 22.4 Å². The van der Waals surface area contributed by atoms with E-state index in [1.165, 1.54) is 0 Å². The smallest absolute Gasteiger partial charge is 0.329 e. The van der Waals surface area contributed by atoms with Gasteiger partial charge in [-0.2, -0.15) is 0 Å². The summed E-state index contributed by atoms with van der Waals surface area (Å²) in [6.07, 6.45) is 0. The first-order chi connectivity index (χ1) is 14.7. The van der Waals surface area contributed by atoms with Crippen LogP contribution in [0.3, 0.4) is 0 Å². The number of hydrogen-bond acceptors (Lipinski definition) is 5. The van der Waals surface area contributed by atoms with Gasteiger partial charge in [-0.1, -0.05) is 54.2 Å². The molecule has 1 aliphatic heterocycles. The standard InChI is InChI=1S/C23H18N4O2S/c1-26(15-21-24-25-22(29-21)16-9-3-2-4-10-16)23(28)27-17-11-5-7-13-19(17)30-20-14-8-6-12-18(20)27/h2-14H,15H2,1H3. The predicted octanol–water partition coefficient (Wildman–Crippen LogP) is 5.59. The molecule has 4 aromatic rings. The molecule has 5 rings (SSSR count). The quantitative estimate of drug-likeness (QED) is 0.437. The molecule has 0 atom stereocenters. The minimum Gasteiger partial charge on any atom is -0.419 e. The lowest BCUT2D eigenvalue weighted by Gasteiger charge is -2.33. The number of nitrogens with zero attached hydrogens (tertiary/aromatic N) is 4. The maximum absolute atomic E-state index is 13.5. The molecule has 0 saturated heterocycles. The van der Waals surface area contributed by atoms with E-state index in [0.717, 1.165) is 26.7 Å². The lowest BCUT2D eigenvalue weighted by molar-refractivity contribution is 0.211. The van der Waals surface area contributed by atoms with Gasteiger partial charge in [-0.25, -0.2) is 4.79 Å². The number of carbonyl (C=O) groups is 1. The van der Waals surface area contributed by atoms with Crippen molar-refractivity contribution in [2.45, 2.75) is 16.3 Å². The Morgan fingerprint density at radius 2 is 1.50 bits per heavy atom. The Bertz CT molecular complexity index is 1160. The van der Waals surface area contributed by atoms with Gasteiger partial charge in [0.15, 0.2) is 0 Å². The molecule has 3 aromatic carbocycles. The lowest BCUT2D eigenvalue weighted by atomic mass is 10.2. The Hall–Kier alpha value is -3.58. The van der Waals surface area contributed by atoms with E-state index in [-0.39, 0.29) is 12.6 Å². The summed E-state index contributed by atoms with van der Waals surface area (Å²) in [6.45, 7) is 0.215. The third-order valence-corrected chi connectivity index (χ3v) is 5.94. The van der Waals surface area contributed by atoms with Crippen molar-refractivity contribution in [2.24, 2.45) is 0 Å². The van der Waals surface area contributed by atoms with Crippen molar-refractivity contribution >= 4 is 29.2 Å². The predicted molar refractivity (Wildman–Crippen MR) is 116 cm³/mol. The molecule has 30 heavy (non-hydrogen) atoms. The van der Waals surface area contributed by atoms with Crippen LogP contribution in [0.4, 0.5) is 16.2 Å². The number of fused-ring (bicyclic) bond motifs is 2. The molecule has 0 spiro atoms. The van der Waals surface area contributed by atoms with Crippen molar-refractivity contribution in [3.8, 4) is 11.5 Å². The zero-order chi connectivity index (χ0) is 20.5. The van der Waals surface area contributed by atoms with E-state index in [9.17, 15) is 4.79 Å². The van der Waals surface area contributed by atoms with E-state index in [1.54, 1.807) is 28.6 Å². The summed E-state index contributed by atoms with van der Waals surface area (Å²) < 4.78 is 5.78. The molecular weight excluding hydrogens is 396 g/mol. The Balaban J connectivity index is 1.42. The van der Waals surface area contributed by atoms with Crippen LogP contribution in [0.25, 0.3) is 11.5 Å². The summed E-state index contributed by atoms with van der Waals surface area (Å²) in [6, 6.07) is 25.2. The minimum absolute atomic E-state index is 0.158. The molecule has 1 aliphatic rings. The zero-order valence-electron chi connectivity index (χ0n) is 16.2. The van der Waals surface area contributed by atoms with Gasteiger partial charge in [0.05, 0.1) is 11.4 Å². The normalized spacial score (nSPS) is 12.2. The van der Waals surface area contributed by atoms with Crippen LogP contribution in [0.5, 0.6) is 0 Å². The molecule has 0 bridgehead atoms. The van der Waals surface area contributed by atoms with Gasteiger partial charge in [0.1, 0.15) is 6.54 Å². The summed E-state index contributed by atoms with van der Waals surface area (Å²) in [5.41, 5.74) is 2.59. The van der Waals surface area contributed by atoms with Gasteiger partial charge in [0.25, 0.3) is 0 Å². The highest BCUT2D eigenvalue weighted by Gasteiger charge is 2.30. The second-order valence-corrected chi connectivity index (χ2v) is 7.96. The first-order valence-electron chi connectivity index (χ1n) is 9.49. The monoisotopic (exact) mass is 414 g/mol. The summed E-state index contributed by atoms with van der Waals surface area (Å²) >= 11 is 1.67. The molecule has 148 valence electrons. The van der Waals surface area contributed by atoms with Crippen LogP contribution in [0.15, 0.2) is 93.1 Å². The van der Waals surface area contributed by atoms with Crippen LogP contribution in [0.1, 0.15) is 5.89 Å². The highest BCUT2D eigenvalue weighted by atomic mass is 32.2. The first kappa shape index (κ1) is 18.4. The Labute approximate surface area is 178 Å². The van der Waals surface area contributed by atoms with Crippen LogP contribution in [0, 0.1) is 0 Å². The van der Waals surface area contributed by atoms with E-state index in [4.69, 9.17) is 4.42 Å². The molecule has 1 aromatic heterocycles. The number of rotatable bonds is 3.